The summed E-state index contributed by atoms with van der Waals surface area (Å²) in [5.74, 6) is -0.0931. The van der Waals surface area contributed by atoms with Crippen molar-refractivity contribution in [1.82, 2.24) is 10.3 Å². The van der Waals surface area contributed by atoms with Crippen molar-refractivity contribution in [1.29, 1.82) is 0 Å². The van der Waals surface area contributed by atoms with Gasteiger partial charge in [-0.25, -0.2) is 4.98 Å². The van der Waals surface area contributed by atoms with Crippen molar-refractivity contribution in [3.8, 4) is 0 Å². The van der Waals surface area contributed by atoms with Gasteiger partial charge in [-0.3, -0.25) is 4.79 Å². The first-order valence-corrected chi connectivity index (χ1v) is 7.82. The summed E-state index contributed by atoms with van der Waals surface area (Å²) in [5, 5.41) is 3.16. The van der Waals surface area contributed by atoms with E-state index in [0.29, 0.717) is 11.6 Å². The summed E-state index contributed by atoms with van der Waals surface area (Å²) in [6.45, 7) is 2.38. The number of rotatable bonds is 5. The molecule has 7 heteroatoms. The van der Waals surface area contributed by atoms with Crippen LogP contribution in [0.3, 0.4) is 0 Å². The van der Waals surface area contributed by atoms with Gasteiger partial charge in [-0.2, -0.15) is 13.2 Å². The van der Waals surface area contributed by atoms with E-state index < -0.39 is 11.7 Å². The highest BCUT2D eigenvalue weighted by atomic mass is 32.2. The van der Waals surface area contributed by atoms with Crippen molar-refractivity contribution >= 4 is 17.7 Å². The lowest BCUT2D eigenvalue weighted by atomic mass is 10.1. The lowest BCUT2D eigenvalue weighted by Crippen LogP contribution is -2.24. The largest absolute Gasteiger partial charge is 0.417 e. The van der Waals surface area contributed by atoms with E-state index in [2.05, 4.69) is 10.3 Å². The molecule has 2 rings (SSSR count). The van der Waals surface area contributed by atoms with Crippen molar-refractivity contribution < 1.29 is 18.0 Å². The number of carbonyl (C=O) groups excluding carboxylic acids is 1. The van der Waals surface area contributed by atoms with Crippen LogP contribution in [0.15, 0.2) is 47.6 Å². The van der Waals surface area contributed by atoms with E-state index in [-0.39, 0.29) is 11.7 Å². The highest BCUT2D eigenvalue weighted by Gasteiger charge is 2.30. The van der Waals surface area contributed by atoms with Gasteiger partial charge in [0.05, 0.1) is 16.3 Å². The zero-order valence-electron chi connectivity index (χ0n) is 12.4. The molecule has 0 saturated heterocycles. The van der Waals surface area contributed by atoms with Gasteiger partial charge in [0.15, 0.2) is 0 Å². The number of pyridine rings is 1. The fraction of sp³-hybridized carbons (Fsp3) is 0.250. The van der Waals surface area contributed by atoms with E-state index in [1.807, 2.05) is 31.2 Å². The monoisotopic (exact) mass is 340 g/mol. The third-order valence-electron chi connectivity index (χ3n) is 3.15. The predicted octanol–water partition coefficient (Wildman–Crippen LogP) is 3.82. The van der Waals surface area contributed by atoms with E-state index in [1.54, 1.807) is 0 Å². The number of nitrogens with one attached hydrogen (secondary N) is 1. The Morgan fingerprint density at radius 3 is 2.57 bits per heavy atom. The molecule has 0 saturated carbocycles. The summed E-state index contributed by atoms with van der Waals surface area (Å²) >= 11 is 1.10. The topological polar surface area (TPSA) is 42.0 Å². The molecule has 1 amide bonds. The quantitative estimate of drug-likeness (QED) is 0.842. The highest BCUT2D eigenvalue weighted by Crippen LogP contribution is 2.29. The van der Waals surface area contributed by atoms with E-state index >= 15 is 0 Å². The molecule has 122 valence electrons. The molecule has 1 N–H and O–H groups in total. The fourth-order valence-electron chi connectivity index (χ4n) is 1.83. The van der Waals surface area contributed by atoms with E-state index in [4.69, 9.17) is 0 Å². The van der Waals surface area contributed by atoms with Crippen LogP contribution in [0.1, 0.15) is 16.7 Å². The van der Waals surface area contributed by atoms with Gasteiger partial charge in [-0.05, 0) is 30.2 Å². The molecule has 0 aliphatic rings. The Bertz CT molecular complexity index is 672. The summed E-state index contributed by atoms with van der Waals surface area (Å²) in [6.07, 6.45) is -3.63. The van der Waals surface area contributed by atoms with Crippen LogP contribution in [-0.2, 0) is 17.5 Å². The molecule has 0 aliphatic heterocycles. The molecule has 0 bridgehead atoms. The fourth-order valence-corrected chi connectivity index (χ4v) is 2.50. The van der Waals surface area contributed by atoms with Crippen molar-refractivity contribution in [2.45, 2.75) is 24.7 Å². The van der Waals surface area contributed by atoms with Crippen molar-refractivity contribution in [3.05, 3.63) is 59.3 Å². The molecule has 1 aromatic carbocycles. The number of aryl methyl sites for hydroxylation is 1. The summed E-state index contributed by atoms with van der Waals surface area (Å²) < 4.78 is 37.3. The number of amides is 1. The number of nitrogens with zero attached hydrogens (tertiary/aromatic N) is 1. The third kappa shape index (κ3) is 5.28. The second-order valence-electron chi connectivity index (χ2n) is 4.87. The summed E-state index contributed by atoms with van der Waals surface area (Å²) in [7, 11) is 0. The van der Waals surface area contributed by atoms with Crippen LogP contribution >= 0.6 is 11.8 Å². The Hall–Kier alpha value is -2.02. The average Bonchev–Trinajstić information content (AvgIpc) is 2.51. The zero-order chi connectivity index (χ0) is 16.9. The minimum absolute atomic E-state index is 0.101. The zero-order valence-corrected chi connectivity index (χ0v) is 13.2. The Morgan fingerprint density at radius 2 is 1.96 bits per heavy atom. The lowest BCUT2D eigenvalue weighted by molar-refractivity contribution is -0.137. The summed E-state index contributed by atoms with van der Waals surface area (Å²) in [4.78, 5) is 15.5. The smallest absolute Gasteiger partial charge is 0.351 e. The molecule has 1 heterocycles. The molecular formula is C16H15F3N2OS. The summed E-state index contributed by atoms with van der Waals surface area (Å²) in [6, 6.07) is 9.94. The molecule has 0 unspecified atom stereocenters. The summed E-state index contributed by atoms with van der Waals surface area (Å²) in [5.41, 5.74) is 1.31. The number of carbonyl (C=O) groups is 1. The predicted molar refractivity (Wildman–Crippen MR) is 83.0 cm³/mol. The maximum Gasteiger partial charge on any atom is 0.417 e. The van der Waals surface area contributed by atoms with Gasteiger partial charge in [-0.15, -0.1) is 0 Å². The highest BCUT2D eigenvalue weighted by molar-refractivity contribution is 7.99. The van der Waals surface area contributed by atoms with Gasteiger partial charge in [0.25, 0.3) is 0 Å². The number of aromatic nitrogens is 1. The first-order valence-electron chi connectivity index (χ1n) is 6.83. The van der Waals surface area contributed by atoms with Gasteiger partial charge in [0, 0.05) is 12.7 Å². The Kier molecular flexibility index (Phi) is 5.65. The van der Waals surface area contributed by atoms with Gasteiger partial charge >= 0.3 is 6.18 Å². The van der Waals surface area contributed by atoms with Crippen LogP contribution in [0, 0.1) is 6.92 Å². The Labute approximate surface area is 136 Å². The van der Waals surface area contributed by atoms with Gasteiger partial charge < -0.3 is 5.32 Å². The standard InChI is InChI=1S/C16H15F3N2OS/c1-11-4-2-3-5-12(11)8-20-14(22)10-23-15-7-6-13(9-21-15)16(17,18)19/h2-7,9H,8,10H2,1H3,(H,20,22). The van der Waals surface area contributed by atoms with Crippen LogP contribution in [0.4, 0.5) is 13.2 Å². The molecule has 0 radical (unpaired) electrons. The number of benzene rings is 1. The van der Waals surface area contributed by atoms with Crippen LogP contribution in [0.5, 0.6) is 0 Å². The number of halogens is 3. The van der Waals surface area contributed by atoms with Gasteiger partial charge in [-0.1, -0.05) is 36.0 Å². The van der Waals surface area contributed by atoms with Crippen molar-refractivity contribution in [2.75, 3.05) is 5.75 Å². The maximum atomic E-state index is 12.4. The molecule has 23 heavy (non-hydrogen) atoms. The SMILES string of the molecule is Cc1ccccc1CNC(=O)CSc1ccc(C(F)(F)F)cn1. The first kappa shape index (κ1) is 17.3. The molecule has 1 aromatic heterocycles. The maximum absolute atomic E-state index is 12.4. The average molecular weight is 340 g/mol. The third-order valence-corrected chi connectivity index (χ3v) is 4.10. The molecule has 3 nitrogen and oxygen atoms in total. The van der Waals surface area contributed by atoms with E-state index in [1.165, 1.54) is 6.07 Å². The molecule has 0 atom stereocenters. The van der Waals surface area contributed by atoms with Crippen molar-refractivity contribution in [3.63, 3.8) is 0 Å². The molecule has 0 fully saturated rings. The van der Waals surface area contributed by atoms with Crippen molar-refractivity contribution in [2.24, 2.45) is 0 Å². The molecule has 0 aliphatic carbocycles. The molecule has 2 aromatic rings. The minimum atomic E-state index is -4.40. The second kappa shape index (κ2) is 7.50. The van der Waals surface area contributed by atoms with Crippen LogP contribution in [0.25, 0.3) is 0 Å². The van der Waals surface area contributed by atoms with Gasteiger partial charge in [0.2, 0.25) is 5.91 Å². The molecular weight excluding hydrogens is 325 g/mol. The van der Waals surface area contributed by atoms with Crippen LogP contribution < -0.4 is 5.32 Å². The number of thioether (sulfide) groups is 1. The normalized spacial score (nSPS) is 11.3. The Balaban J connectivity index is 1.81. The van der Waals surface area contributed by atoms with E-state index in [9.17, 15) is 18.0 Å². The Morgan fingerprint density at radius 1 is 1.22 bits per heavy atom. The minimum Gasteiger partial charge on any atom is -0.351 e. The number of hydrogen-bond acceptors (Lipinski definition) is 3. The van der Waals surface area contributed by atoms with Crippen LogP contribution in [-0.4, -0.2) is 16.6 Å². The lowest BCUT2D eigenvalue weighted by Gasteiger charge is -2.08. The van der Waals surface area contributed by atoms with E-state index in [0.717, 1.165) is 35.2 Å². The second-order valence-corrected chi connectivity index (χ2v) is 5.87. The first-order chi connectivity index (χ1) is 10.9. The number of hydrogen-bond donors (Lipinski definition) is 1. The van der Waals surface area contributed by atoms with Crippen LogP contribution in [0.2, 0.25) is 0 Å². The molecule has 0 spiro atoms. The van der Waals surface area contributed by atoms with Gasteiger partial charge in [0.1, 0.15) is 0 Å². The number of alkyl halides is 3.